The van der Waals surface area contributed by atoms with Crippen molar-refractivity contribution >= 4 is 40.8 Å². The number of carboxylic acid groups (broad SMARTS) is 1. The van der Waals surface area contributed by atoms with E-state index in [1.165, 1.54) is 18.2 Å². The number of aliphatic carboxylic acids is 1. The maximum absolute atomic E-state index is 11.2. The number of nitrogens with one attached hydrogen (secondary N) is 1. The first-order chi connectivity index (χ1) is 7.90. The van der Waals surface area contributed by atoms with Crippen molar-refractivity contribution < 1.29 is 19.8 Å². The number of anilines is 1. The lowest BCUT2D eigenvalue weighted by Gasteiger charge is -2.03. The molecule has 0 heterocycles. The molecular formula is C10H7Cl2NO4. The monoisotopic (exact) mass is 275 g/mol. The van der Waals surface area contributed by atoms with E-state index in [1.54, 1.807) is 0 Å². The lowest BCUT2D eigenvalue weighted by Crippen LogP contribution is -2.11. The third-order valence-electron chi connectivity index (χ3n) is 1.67. The maximum atomic E-state index is 11.2. The minimum atomic E-state index is -1.59. The number of amides is 1. The minimum Gasteiger partial charge on any atom is -0.502 e. The number of aliphatic hydroxyl groups excluding tert-OH is 1. The van der Waals surface area contributed by atoms with Crippen molar-refractivity contribution in [3.8, 4) is 0 Å². The van der Waals surface area contributed by atoms with Gasteiger partial charge in [0.25, 0.3) is 5.91 Å². The van der Waals surface area contributed by atoms with Crippen LogP contribution < -0.4 is 5.32 Å². The molecule has 0 saturated carbocycles. The summed E-state index contributed by atoms with van der Waals surface area (Å²) in [5.74, 6) is -3.43. The van der Waals surface area contributed by atoms with Gasteiger partial charge < -0.3 is 15.5 Å². The average Bonchev–Trinajstić information content (AvgIpc) is 2.23. The quantitative estimate of drug-likeness (QED) is 0.584. The van der Waals surface area contributed by atoms with E-state index in [0.29, 0.717) is 16.8 Å². The number of carboxylic acids is 1. The molecule has 3 N–H and O–H groups in total. The van der Waals surface area contributed by atoms with E-state index in [-0.39, 0.29) is 5.02 Å². The highest BCUT2D eigenvalue weighted by atomic mass is 35.5. The molecule has 0 aromatic heterocycles. The molecule has 90 valence electrons. The van der Waals surface area contributed by atoms with Crippen LogP contribution in [-0.2, 0) is 9.59 Å². The van der Waals surface area contributed by atoms with E-state index >= 15 is 0 Å². The van der Waals surface area contributed by atoms with Crippen LogP contribution >= 0.6 is 23.2 Å². The molecule has 0 aliphatic heterocycles. The third-order valence-corrected chi connectivity index (χ3v) is 2.41. The summed E-state index contributed by atoms with van der Waals surface area (Å²) in [6.45, 7) is 0. The van der Waals surface area contributed by atoms with Gasteiger partial charge in [0, 0.05) is 5.69 Å². The van der Waals surface area contributed by atoms with Crippen molar-refractivity contribution in [2.75, 3.05) is 5.32 Å². The van der Waals surface area contributed by atoms with Gasteiger partial charge in [0.05, 0.1) is 16.1 Å². The van der Waals surface area contributed by atoms with Gasteiger partial charge in [0.1, 0.15) is 0 Å². The summed E-state index contributed by atoms with van der Waals surface area (Å²) in [6, 6.07) is 4.35. The highest BCUT2D eigenvalue weighted by Gasteiger charge is 2.08. The molecule has 0 saturated heterocycles. The predicted molar refractivity (Wildman–Crippen MR) is 63.4 cm³/mol. The minimum absolute atomic E-state index is 0.246. The van der Waals surface area contributed by atoms with Crippen molar-refractivity contribution in [2.24, 2.45) is 0 Å². The summed E-state index contributed by atoms with van der Waals surface area (Å²) in [5, 5.41) is 20.1. The zero-order valence-corrected chi connectivity index (χ0v) is 9.79. The molecule has 1 rings (SSSR count). The lowest BCUT2D eigenvalue weighted by atomic mass is 10.3. The molecule has 0 atom stereocenters. The van der Waals surface area contributed by atoms with Crippen LogP contribution in [-0.4, -0.2) is 22.1 Å². The average molecular weight is 276 g/mol. The largest absolute Gasteiger partial charge is 0.502 e. The molecule has 1 amide bonds. The van der Waals surface area contributed by atoms with E-state index in [2.05, 4.69) is 5.32 Å². The molecule has 1 aromatic rings. The molecule has 1 aromatic carbocycles. The number of halogens is 2. The van der Waals surface area contributed by atoms with Crippen LogP contribution in [0.4, 0.5) is 5.69 Å². The number of rotatable bonds is 3. The first-order valence-electron chi connectivity index (χ1n) is 4.30. The second kappa shape index (κ2) is 5.56. The SMILES string of the molecule is O=C(/C=C(\O)C(=O)O)Nc1ccc(Cl)c(Cl)c1. The van der Waals surface area contributed by atoms with Crippen LogP contribution in [0.3, 0.4) is 0 Å². The van der Waals surface area contributed by atoms with Gasteiger partial charge >= 0.3 is 5.97 Å². The summed E-state index contributed by atoms with van der Waals surface area (Å²) in [4.78, 5) is 21.5. The van der Waals surface area contributed by atoms with Crippen molar-refractivity contribution in [1.29, 1.82) is 0 Å². The van der Waals surface area contributed by atoms with Crippen molar-refractivity contribution in [3.05, 3.63) is 40.1 Å². The number of hydrogen-bond acceptors (Lipinski definition) is 3. The van der Waals surface area contributed by atoms with Gasteiger partial charge in [-0.25, -0.2) is 4.79 Å². The number of benzene rings is 1. The number of carbonyl (C=O) groups is 2. The Hall–Kier alpha value is -1.72. The highest BCUT2D eigenvalue weighted by molar-refractivity contribution is 6.42. The zero-order chi connectivity index (χ0) is 13.0. The first-order valence-corrected chi connectivity index (χ1v) is 5.05. The van der Waals surface area contributed by atoms with Crippen molar-refractivity contribution in [3.63, 3.8) is 0 Å². The second-order valence-corrected chi connectivity index (χ2v) is 3.77. The van der Waals surface area contributed by atoms with Crippen LogP contribution in [0.15, 0.2) is 30.0 Å². The predicted octanol–water partition coefficient (Wildman–Crippen LogP) is 2.46. The Morgan fingerprint density at radius 2 is 1.82 bits per heavy atom. The number of aliphatic hydroxyl groups is 1. The van der Waals surface area contributed by atoms with Crippen LogP contribution in [0.2, 0.25) is 10.0 Å². The summed E-state index contributed by atoms with van der Waals surface area (Å²) in [6.07, 6.45) is 0.546. The van der Waals surface area contributed by atoms with Crippen LogP contribution in [0.1, 0.15) is 0 Å². The molecule has 0 bridgehead atoms. The normalized spacial score (nSPS) is 11.1. The summed E-state index contributed by atoms with van der Waals surface area (Å²) in [7, 11) is 0. The van der Waals surface area contributed by atoms with Crippen LogP contribution in [0.25, 0.3) is 0 Å². The van der Waals surface area contributed by atoms with Gasteiger partial charge in [-0.05, 0) is 18.2 Å². The fourth-order valence-electron chi connectivity index (χ4n) is 0.938. The Balaban J connectivity index is 2.78. The molecule has 0 aliphatic rings. The fraction of sp³-hybridized carbons (Fsp3) is 0. The van der Waals surface area contributed by atoms with Gasteiger partial charge in [0.2, 0.25) is 5.76 Å². The van der Waals surface area contributed by atoms with Gasteiger partial charge in [-0.2, -0.15) is 0 Å². The van der Waals surface area contributed by atoms with Gasteiger partial charge in [-0.3, -0.25) is 4.79 Å². The fourth-order valence-corrected chi connectivity index (χ4v) is 1.24. The molecule has 5 nitrogen and oxygen atoms in total. The molecule has 17 heavy (non-hydrogen) atoms. The van der Waals surface area contributed by atoms with E-state index < -0.39 is 17.6 Å². The molecular weight excluding hydrogens is 269 g/mol. The van der Waals surface area contributed by atoms with E-state index in [0.717, 1.165) is 0 Å². The number of carbonyl (C=O) groups excluding carboxylic acids is 1. The molecule has 0 radical (unpaired) electrons. The van der Waals surface area contributed by atoms with E-state index in [1.807, 2.05) is 0 Å². The standard InChI is InChI=1S/C10H7Cl2NO4/c11-6-2-1-5(3-7(6)12)13-9(15)4-8(14)10(16)17/h1-4,14H,(H,13,15)(H,16,17)/b8-4-. The first kappa shape index (κ1) is 13.3. The third kappa shape index (κ3) is 3.97. The Labute approximate surface area is 106 Å². The molecule has 0 spiro atoms. The summed E-state index contributed by atoms with van der Waals surface area (Å²) in [5.41, 5.74) is 0.332. The Morgan fingerprint density at radius 1 is 1.18 bits per heavy atom. The van der Waals surface area contributed by atoms with E-state index in [9.17, 15) is 9.59 Å². The molecule has 0 unspecified atom stereocenters. The van der Waals surface area contributed by atoms with Crippen LogP contribution in [0.5, 0.6) is 0 Å². The molecule has 7 heteroatoms. The Kier molecular flexibility index (Phi) is 4.37. The molecule has 0 fully saturated rings. The Bertz CT molecular complexity index is 499. The lowest BCUT2D eigenvalue weighted by molar-refractivity contribution is -0.135. The maximum Gasteiger partial charge on any atom is 0.371 e. The van der Waals surface area contributed by atoms with Gasteiger partial charge in [-0.15, -0.1) is 0 Å². The number of hydrogen-bond donors (Lipinski definition) is 3. The summed E-state index contributed by atoms with van der Waals surface area (Å²) < 4.78 is 0. The van der Waals surface area contributed by atoms with Gasteiger partial charge in [0.15, 0.2) is 0 Å². The zero-order valence-electron chi connectivity index (χ0n) is 8.28. The van der Waals surface area contributed by atoms with Crippen LogP contribution in [0, 0.1) is 0 Å². The second-order valence-electron chi connectivity index (χ2n) is 2.95. The Morgan fingerprint density at radius 3 is 2.35 bits per heavy atom. The molecule has 0 aliphatic carbocycles. The van der Waals surface area contributed by atoms with Gasteiger partial charge in [-0.1, -0.05) is 23.2 Å². The highest BCUT2D eigenvalue weighted by Crippen LogP contribution is 2.24. The van der Waals surface area contributed by atoms with Crippen molar-refractivity contribution in [1.82, 2.24) is 0 Å². The summed E-state index contributed by atoms with van der Waals surface area (Å²) >= 11 is 11.4. The topological polar surface area (TPSA) is 86.6 Å². The smallest absolute Gasteiger partial charge is 0.371 e. The van der Waals surface area contributed by atoms with E-state index in [4.69, 9.17) is 33.4 Å². The van der Waals surface area contributed by atoms with Crippen molar-refractivity contribution in [2.45, 2.75) is 0 Å².